The third kappa shape index (κ3) is 6.12. The van der Waals surface area contributed by atoms with E-state index in [9.17, 15) is 0 Å². The molecule has 2 heterocycles. The number of aromatic nitrogens is 1. The number of hydrogen-bond donors (Lipinski definition) is 0. The van der Waals surface area contributed by atoms with E-state index in [2.05, 4.69) is 276 Å². The van der Waals surface area contributed by atoms with E-state index in [1.807, 2.05) is 11.3 Å². The maximum absolute atomic E-state index is 2.49. The first-order valence-electron chi connectivity index (χ1n) is 24.1. The number of benzene rings is 11. The topological polar surface area (TPSA) is 8.17 Å². The van der Waals surface area contributed by atoms with Gasteiger partial charge in [-0.3, -0.25) is 0 Å². The Labute approximate surface area is 411 Å². The van der Waals surface area contributed by atoms with Crippen molar-refractivity contribution in [3.63, 3.8) is 0 Å². The Morgan fingerprint density at radius 1 is 0.343 bits per heavy atom. The SMILES string of the molecule is c1ccc(C2(c3ccccc3)c3ccccc3-c3ccc(N(c4ccc(-c5ccc(-c6ccccc6-n6c7ccccc7c7ccccc76)cc5)cc4)c4cccc5c4sc4ccccc45)cc32)cc1. The molecule has 0 fully saturated rings. The molecule has 0 saturated carbocycles. The van der Waals surface area contributed by atoms with Gasteiger partial charge < -0.3 is 9.47 Å². The number of nitrogens with zero attached hydrogens (tertiary/aromatic N) is 2. The van der Waals surface area contributed by atoms with Crippen molar-refractivity contribution in [1.29, 1.82) is 0 Å². The molecule has 0 radical (unpaired) electrons. The van der Waals surface area contributed by atoms with Gasteiger partial charge >= 0.3 is 0 Å². The predicted octanol–water partition coefficient (Wildman–Crippen LogP) is 18.3. The first kappa shape index (κ1) is 40.3. The molecule has 14 rings (SSSR count). The summed E-state index contributed by atoms with van der Waals surface area (Å²) in [4.78, 5) is 2.49. The number of hydrogen-bond acceptors (Lipinski definition) is 2. The molecule has 0 N–H and O–H groups in total. The zero-order valence-electron chi connectivity index (χ0n) is 38.2. The van der Waals surface area contributed by atoms with E-state index in [0.29, 0.717) is 0 Å². The Bertz CT molecular complexity index is 4020. The minimum atomic E-state index is -0.514. The Hall–Kier alpha value is -8.76. The quantitative estimate of drug-likeness (QED) is 0.147. The van der Waals surface area contributed by atoms with Crippen LogP contribution in [-0.2, 0) is 5.41 Å². The molecule has 1 aliphatic rings. The van der Waals surface area contributed by atoms with Gasteiger partial charge in [0.05, 0.1) is 32.5 Å². The van der Waals surface area contributed by atoms with Gasteiger partial charge in [-0.2, -0.15) is 0 Å². The fourth-order valence-electron chi connectivity index (χ4n) is 11.6. The van der Waals surface area contributed by atoms with E-state index < -0.39 is 5.41 Å². The van der Waals surface area contributed by atoms with Crippen LogP contribution in [0.3, 0.4) is 0 Å². The highest BCUT2D eigenvalue weighted by Gasteiger charge is 2.46. The second-order valence-electron chi connectivity index (χ2n) is 18.4. The molecule has 328 valence electrons. The first-order valence-corrected chi connectivity index (χ1v) is 24.9. The lowest BCUT2D eigenvalue weighted by Crippen LogP contribution is -2.28. The Kier molecular flexibility index (Phi) is 9.33. The lowest BCUT2D eigenvalue weighted by Gasteiger charge is -2.35. The summed E-state index contributed by atoms with van der Waals surface area (Å²) >= 11 is 1.87. The Balaban J connectivity index is 0.900. The second kappa shape index (κ2) is 16.2. The molecule has 2 nitrogen and oxygen atoms in total. The number of rotatable bonds is 8. The smallest absolute Gasteiger partial charge is 0.0714 e. The molecule has 0 aliphatic heterocycles. The summed E-state index contributed by atoms with van der Waals surface area (Å²) < 4.78 is 4.98. The van der Waals surface area contributed by atoms with Gasteiger partial charge in [0.15, 0.2) is 0 Å². The molecule has 1 aliphatic carbocycles. The van der Waals surface area contributed by atoms with Crippen LogP contribution in [0.15, 0.2) is 267 Å². The molecule has 3 heteroatoms. The highest BCUT2D eigenvalue weighted by molar-refractivity contribution is 7.26. The van der Waals surface area contributed by atoms with Crippen LogP contribution in [-0.4, -0.2) is 4.57 Å². The summed E-state index contributed by atoms with van der Waals surface area (Å²) in [7, 11) is 0. The normalized spacial score (nSPS) is 12.7. The summed E-state index contributed by atoms with van der Waals surface area (Å²) in [5.41, 5.74) is 18.8. The number of para-hydroxylation sites is 3. The fourth-order valence-corrected chi connectivity index (χ4v) is 12.9. The van der Waals surface area contributed by atoms with Crippen LogP contribution in [0.4, 0.5) is 17.1 Å². The molecular formula is C67H44N2S. The third-order valence-corrected chi connectivity index (χ3v) is 15.9. The van der Waals surface area contributed by atoms with E-state index >= 15 is 0 Å². The Morgan fingerprint density at radius 2 is 0.857 bits per heavy atom. The average molecular weight is 909 g/mol. The molecular weight excluding hydrogens is 865 g/mol. The van der Waals surface area contributed by atoms with Crippen LogP contribution in [0.2, 0.25) is 0 Å². The van der Waals surface area contributed by atoms with Crippen molar-refractivity contribution in [2.45, 2.75) is 5.41 Å². The van der Waals surface area contributed by atoms with Gasteiger partial charge in [-0.1, -0.05) is 212 Å². The fraction of sp³-hybridized carbons (Fsp3) is 0.0149. The van der Waals surface area contributed by atoms with E-state index in [-0.39, 0.29) is 0 Å². The molecule has 0 saturated heterocycles. The molecule has 11 aromatic carbocycles. The maximum Gasteiger partial charge on any atom is 0.0714 e. The molecule has 0 amide bonds. The summed E-state index contributed by atoms with van der Waals surface area (Å²) in [6.45, 7) is 0. The average Bonchev–Trinajstić information content (AvgIpc) is 4.09. The minimum absolute atomic E-state index is 0.514. The van der Waals surface area contributed by atoms with Crippen molar-refractivity contribution < 1.29 is 0 Å². The predicted molar refractivity (Wildman–Crippen MR) is 297 cm³/mol. The molecule has 0 bridgehead atoms. The standard InChI is InChI=1S/C67H44N2S/c1-3-18-48(19-4-1)67(49-20-5-2-6-21-49)59-28-12-7-23-53(59)54-43-42-51(44-60(54)67)68(64-32-17-27-58-57-26-11-16-33-65(57)70-66(58)64)50-40-38-46(39-41-50)45-34-36-47(37-35-45)52-22-8-13-29-61(52)69-62-30-14-9-24-55(62)56-25-10-15-31-63(56)69/h1-44H. The summed E-state index contributed by atoms with van der Waals surface area (Å²) in [5.74, 6) is 0. The van der Waals surface area contributed by atoms with Crippen molar-refractivity contribution in [2.24, 2.45) is 0 Å². The molecule has 0 atom stereocenters. The molecule has 0 spiro atoms. The monoisotopic (exact) mass is 908 g/mol. The summed E-state index contributed by atoms with van der Waals surface area (Å²) in [5, 5.41) is 5.09. The zero-order chi connectivity index (χ0) is 46.2. The lowest BCUT2D eigenvalue weighted by atomic mass is 9.67. The highest BCUT2D eigenvalue weighted by Crippen LogP contribution is 2.57. The number of thiophene rings is 1. The maximum atomic E-state index is 2.49. The van der Waals surface area contributed by atoms with Crippen LogP contribution in [0.5, 0.6) is 0 Å². The lowest BCUT2D eigenvalue weighted by molar-refractivity contribution is 0.768. The van der Waals surface area contributed by atoms with Gasteiger partial charge in [-0.25, -0.2) is 0 Å². The van der Waals surface area contributed by atoms with Crippen LogP contribution < -0.4 is 4.90 Å². The van der Waals surface area contributed by atoms with Gasteiger partial charge in [0.1, 0.15) is 0 Å². The van der Waals surface area contributed by atoms with Gasteiger partial charge in [0.25, 0.3) is 0 Å². The Morgan fingerprint density at radius 3 is 1.56 bits per heavy atom. The van der Waals surface area contributed by atoms with E-state index in [4.69, 9.17) is 0 Å². The largest absolute Gasteiger partial charge is 0.309 e. The van der Waals surface area contributed by atoms with Gasteiger partial charge in [0.2, 0.25) is 0 Å². The van der Waals surface area contributed by atoms with E-state index in [1.165, 1.54) is 109 Å². The van der Waals surface area contributed by atoms with Gasteiger partial charge in [0, 0.05) is 43.2 Å². The zero-order valence-corrected chi connectivity index (χ0v) is 39.0. The molecule has 0 unspecified atom stereocenters. The number of anilines is 3. The van der Waals surface area contributed by atoms with E-state index in [1.54, 1.807) is 0 Å². The van der Waals surface area contributed by atoms with Crippen LogP contribution >= 0.6 is 11.3 Å². The second-order valence-corrected chi connectivity index (χ2v) is 19.4. The van der Waals surface area contributed by atoms with Crippen molar-refractivity contribution in [3.05, 3.63) is 289 Å². The first-order chi connectivity index (χ1) is 34.7. The van der Waals surface area contributed by atoms with Crippen molar-refractivity contribution in [3.8, 4) is 39.1 Å². The van der Waals surface area contributed by atoms with Crippen LogP contribution in [0.25, 0.3) is 81.0 Å². The third-order valence-electron chi connectivity index (χ3n) is 14.7. The molecule has 13 aromatic rings. The van der Waals surface area contributed by atoms with E-state index in [0.717, 1.165) is 11.4 Å². The van der Waals surface area contributed by atoms with Crippen molar-refractivity contribution >= 4 is 70.4 Å². The van der Waals surface area contributed by atoms with Crippen LogP contribution in [0.1, 0.15) is 22.3 Å². The highest BCUT2D eigenvalue weighted by atomic mass is 32.1. The summed E-state index contributed by atoms with van der Waals surface area (Å²) in [6.07, 6.45) is 0. The van der Waals surface area contributed by atoms with Gasteiger partial charge in [-0.15, -0.1) is 11.3 Å². The van der Waals surface area contributed by atoms with Crippen molar-refractivity contribution in [2.75, 3.05) is 4.90 Å². The summed E-state index contributed by atoms with van der Waals surface area (Å²) in [6, 6.07) is 98.5. The molecule has 2 aromatic heterocycles. The minimum Gasteiger partial charge on any atom is -0.309 e. The van der Waals surface area contributed by atoms with Crippen LogP contribution in [0, 0.1) is 0 Å². The number of fused-ring (bicyclic) bond motifs is 9. The molecule has 70 heavy (non-hydrogen) atoms. The van der Waals surface area contributed by atoms with Gasteiger partial charge in [-0.05, 0) is 105 Å². The van der Waals surface area contributed by atoms with Crippen molar-refractivity contribution in [1.82, 2.24) is 4.57 Å².